The van der Waals surface area contributed by atoms with Crippen molar-refractivity contribution in [2.24, 2.45) is 0 Å². The van der Waals surface area contributed by atoms with Gasteiger partial charge in [0.2, 0.25) is 23.8 Å². The first-order valence-corrected chi connectivity index (χ1v) is 21.0. The standard InChI is InChI=1S/C38H40N12O8S2/c1-5-47(3)33-39-35(43-37(51)41-33)49(45-26-19-12-8-13-20-26)29-24-16-23-28(32(60(56,57)58)31(59(53,54)55)25-17-10-7-11-18-25)30(29)50(46-27-21-14-9-15-22-27)36-40-34(48(4)6-2)42-38(52)44-36/h7-24,45-46H,5-6H2,1-4H3,(H,53,54,55)(H,56,57,58)(H,39,41,43,51)(H,40,42,44,52). The van der Waals surface area contributed by atoms with Gasteiger partial charge in [-0.25, -0.2) is 19.6 Å². The van der Waals surface area contributed by atoms with E-state index < -0.39 is 47.0 Å². The quantitative estimate of drug-likeness (QED) is 0.0445. The summed E-state index contributed by atoms with van der Waals surface area (Å²) in [6, 6.07) is 27.7. The molecule has 0 unspecified atom stereocenters. The number of hydrogen-bond acceptors (Lipinski definition) is 16. The van der Waals surface area contributed by atoms with Gasteiger partial charge in [0.25, 0.3) is 20.2 Å². The molecule has 0 bridgehead atoms. The number of aromatic nitrogens is 6. The van der Waals surface area contributed by atoms with E-state index in [1.54, 1.807) is 91.5 Å². The first-order chi connectivity index (χ1) is 28.6. The molecule has 0 saturated heterocycles. The third-order valence-corrected chi connectivity index (χ3v) is 10.8. The normalized spacial score (nSPS) is 12.0. The van der Waals surface area contributed by atoms with Gasteiger partial charge < -0.3 is 9.80 Å². The summed E-state index contributed by atoms with van der Waals surface area (Å²) in [6.07, 6.45) is 0. The summed E-state index contributed by atoms with van der Waals surface area (Å²) in [4.78, 5) is 49.7. The number of benzene rings is 4. The maximum absolute atomic E-state index is 13.8. The summed E-state index contributed by atoms with van der Waals surface area (Å²) in [6.45, 7) is 4.35. The molecule has 0 aliphatic carbocycles. The van der Waals surface area contributed by atoms with Crippen LogP contribution < -0.4 is 42.0 Å². The molecule has 0 fully saturated rings. The Kier molecular flexibility index (Phi) is 12.6. The molecule has 0 radical (unpaired) electrons. The fourth-order valence-electron chi connectivity index (χ4n) is 5.78. The lowest BCUT2D eigenvalue weighted by Gasteiger charge is -2.34. The third-order valence-electron chi connectivity index (χ3n) is 8.82. The van der Waals surface area contributed by atoms with Crippen molar-refractivity contribution in [3.8, 4) is 0 Å². The van der Waals surface area contributed by atoms with E-state index in [1.807, 2.05) is 6.92 Å². The molecular weight excluding hydrogens is 817 g/mol. The number of rotatable bonds is 16. The monoisotopic (exact) mass is 856 g/mol. The van der Waals surface area contributed by atoms with E-state index in [0.29, 0.717) is 24.5 Å². The SMILES string of the molecule is CCN(C)c1nc(N(Nc2ccccc2)c2cccc(C(=C(c3ccccc3)S(=O)(=O)O)S(=O)(=O)O)c2N(Nc2ccccc2)c2nc(N(C)CC)nc(=O)[nH]2)[nH]c(=O)n1. The first-order valence-electron chi connectivity index (χ1n) is 18.1. The number of hydrazine groups is 2. The second-order valence-corrected chi connectivity index (χ2v) is 15.6. The van der Waals surface area contributed by atoms with Gasteiger partial charge in [0.1, 0.15) is 15.5 Å². The molecule has 0 aliphatic rings. The molecule has 6 aromatic rings. The van der Waals surface area contributed by atoms with Crippen molar-refractivity contribution in [1.29, 1.82) is 0 Å². The summed E-state index contributed by atoms with van der Waals surface area (Å²) >= 11 is 0. The van der Waals surface area contributed by atoms with Crippen LogP contribution in [0.1, 0.15) is 25.0 Å². The summed E-state index contributed by atoms with van der Waals surface area (Å²) < 4.78 is 76.4. The van der Waals surface area contributed by atoms with Gasteiger partial charge >= 0.3 is 11.4 Å². The number of aromatic amines is 2. The Hall–Kier alpha value is -7.14. The van der Waals surface area contributed by atoms with Gasteiger partial charge in [0.15, 0.2) is 0 Å². The van der Waals surface area contributed by atoms with Crippen molar-refractivity contribution in [3.05, 3.63) is 141 Å². The molecule has 0 saturated carbocycles. The molecule has 2 heterocycles. The third kappa shape index (κ3) is 9.58. The van der Waals surface area contributed by atoms with E-state index in [2.05, 4.69) is 40.8 Å². The van der Waals surface area contributed by atoms with Crippen LogP contribution in [0.15, 0.2) is 119 Å². The minimum absolute atomic E-state index is 0.00304. The lowest BCUT2D eigenvalue weighted by Crippen LogP contribution is -2.36. The van der Waals surface area contributed by atoms with Crippen LogP contribution in [-0.2, 0) is 20.2 Å². The zero-order valence-corrected chi connectivity index (χ0v) is 34.2. The number of nitrogens with zero attached hydrogens (tertiary/aromatic N) is 8. The molecule has 0 atom stereocenters. The van der Waals surface area contributed by atoms with Crippen molar-refractivity contribution >= 4 is 76.6 Å². The molecule has 0 spiro atoms. The highest BCUT2D eigenvalue weighted by Crippen LogP contribution is 2.45. The van der Waals surface area contributed by atoms with E-state index in [1.165, 1.54) is 53.5 Å². The summed E-state index contributed by atoms with van der Waals surface area (Å²) in [5.41, 5.74) is 4.04. The van der Waals surface area contributed by atoms with E-state index in [-0.39, 0.29) is 40.7 Å². The topological polar surface area (TPSA) is 263 Å². The molecule has 60 heavy (non-hydrogen) atoms. The maximum Gasteiger partial charge on any atom is 0.351 e. The molecule has 0 amide bonds. The zero-order valence-electron chi connectivity index (χ0n) is 32.5. The van der Waals surface area contributed by atoms with Crippen LogP contribution in [0.4, 0.5) is 46.5 Å². The number of para-hydroxylation sites is 3. The van der Waals surface area contributed by atoms with E-state index >= 15 is 0 Å². The minimum atomic E-state index is -5.64. The molecule has 2 aromatic heterocycles. The van der Waals surface area contributed by atoms with Crippen molar-refractivity contribution < 1.29 is 25.9 Å². The van der Waals surface area contributed by atoms with Gasteiger partial charge in [0.05, 0.1) is 17.1 Å². The Morgan fingerprint density at radius 3 is 1.47 bits per heavy atom. The Labute approximate surface area is 344 Å². The molecule has 20 nitrogen and oxygen atoms in total. The highest BCUT2D eigenvalue weighted by atomic mass is 32.2. The largest absolute Gasteiger partial charge is 0.351 e. The Balaban J connectivity index is 1.85. The highest BCUT2D eigenvalue weighted by molar-refractivity contribution is 8.01. The number of H-pyrrole nitrogens is 2. The number of hydrogen-bond donors (Lipinski definition) is 6. The molecule has 0 aliphatic heterocycles. The highest BCUT2D eigenvalue weighted by Gasteiger charge is 2.36. The fourth-order valence-corrected chi connectivity index (χ4v) is 7.99. The van der Waals surface area contributed by atoms with Gasteiger partial charge in [0, 0.05) is 32.7 Å². The fraction of sp³-hybridized carbons (Fsp3) is 0.158. The number of anilines is 8. The van der Waals surface area contributed by atoms with Crippen LogP contribution in [0.2, 0.25) is 0 Å². The average Bonchev–Trinajstić information content (AvgIpc) is 3.22. The lowest BCUT2D eigenvalue weighted by molar-refractivity contribution is 0.491. The Morgan fingerprint density at radius 2 is 1.02 bits per heavy atom. The predicted octanol–water partition coefficient (Wildman–Crippen LogP) is 4.49. The van der Waals surface area contributed by atoms with E-state index in [4.69, 9.17) is 0 Å². The van der Waals surface area contributed by atoms with Gasteiger partial charge in [-0.2, -0.15) is 36.8 Å². The second kappa shape index (κ2) is 17.8. The summed E-state index contributed by atoms with van der Waals surface area (Å²) in [7, 11) is -7.85. The van der Waals surface area contributed by atoms with Crippen molar-refractivity contribution in [2.75, 3.05) is 57.9 Å². The van der Waals surface area contributed by atoms with Crippen LogP contribution in [0, 0.1) is 0 Å². The van der Waals surface area contributed by atoms with Gasteiger partial charge in [-0.15, -0.1) is 0 Å². The van der Waals surface area contributed by atoms with Crippen LogP contribution in [0.25, 0.3) is 9.81 Å². The molecule has 4 aromatic carbocycles. The molecule has 6 N–H and O–H groups in total. The van der Waals surface area contributed by atoms with Crippen molar-refractivity contribution in [3.63, 3.8) is 0 Å². The minimum Gasteiger partial charge on any atom is -0.344 e. The Bertz CT molecular complexity index is 2850. The zero-order chi connectivity index (χ0) is 43.2. The molecule has 6 rings (SSSR count). The molecule has 22 heteroatoms. The maximum atomic E-state index is 13.8. The summed E-state index contributed by atoms with van der Waals surface area (Å²) in [5.74, 6) is -0.579. The summed E-state index contributed by atoms with van der Waals surface area (Å²) in [5, 5.41) is 2.38. The van der Waals surface area contributed by atoms with E-state index in [0.717, 1.165) is 5.01 Å². The van der Waals surface area contributed by atoms with Crippen molar-refractivity contribution in [2.45, 2.75) is 13.8 Å². The van der Waals surface area contributed by atoms with Gasteiger partial charge in [-0.3, -0.25) is 29.9 Å². The van der Waals surface area contributed by atoms with Gasteiger partial charge in [-0.05, 0) is 49.7 Å². The molecular formula is C38H40N12O8S2. The number of nitrogens with one attached hydrogen (secondary N) is 4. The average molecular weight is 857 g/mol. The first kappa shape index (κ1) is 42.5. The van der Waals surface area contributed by atoms with Crippen LogP contribution in [0.5, 0.6) is 0 Å². The Morgan fingerprint density at radius 1 is 0.583 bits per heavy atom. The molecule has 312 valence electrons. The van der Waals surface area contributed by atoms with Crippen LogP contribution in [0.3, 0.4) is 0 Å². The predicted molar refractivity (Wildman–Crippen MR) is 230 cm³/mol. The van der Waals surface area contributed by atoms with Gasteiger partial charge in [-0.1, -0.05) is 78.9 Å². The van der Waals surface area contributed by atoms with Crippen molar-refractivity contribution in [1.82, 2.24) is 29.9 Å². The lowest BCUT2D eigenvalue weighted by atomic mass is 10.1. The van der Waals surface area contributed by atoms with Crippen LogP contribution >= 0.6 is 0 Å². The van der Waals surface area contributed by atoms with Crippen LogP contribution in [-0.4, -0.2) is 83.0 Å². The second-order valence-electron chi connectivity index (χ2n) is 12.9. The smallest absolute Gasteiger partial charge is 0.344 e. The van der Waals surface area contributed by atoms with E-state index in [9.17, 15) is 35.5 Å².